The Bertz CT molecular complexity index is 905. The van der Waals surface area contributed by atoms with Crippen LogP contribution in [-0.2, 0) is 9.53 Å². The van der Waals surface area contributed by atoms with E-state index in [-0.39, 0.29) is 22.6 Å². The molecule has 0 radical (unpaired) electrons. The van der Waals surface area contributed by atoms with E-state index < -0.39 is 5.82 Å². The number of hydrogen-bond donors (Lipinski definition) is 0. The van der Waals surface area contributed by atoms with Crippen molar-refractivity contribution < 1.29 is 13.9 Å². The molecular weight excluding hydrogens is 369 g/mol. The van der Waals surface area contributed by atoms with Gasteiger partial charge in [0.2, 0.25) is 0 Å². The van der Waals surface area contributed by atoms with Gasteiger partial charge in [-0.05, 0) is 51.0 Å². The topological polar surface area (TPSA) is 56.6 Å². The summed E-state index contributed by atoms with van der Waals surface area (Å²) in [6.07, 6.45) is 4.50. The number of carbonyl (C=O) groups is 1. The summed E-state index contributed by atoms with van der Waals surface area (Å²) in [5, 5.41) is 9.51. The van der Waals surface area contributed by atoms with Gasteiger partial charge < -0.3 is 14.5 Å². The van der Waals surface area contributed by atoms with Gasteiger partial charge in [-0.1, -0.05) is 13.0 Å². The van der Waals surface area contributed by atoms with Gasteiger partial charge in [-0.2, -0.15) is 5.26 Å². The summed E-state index contributed by atoms with van der Waals surface area (Å²) < 4.78 is 20.3. The lowest BCUT2D eigenvalue weighted by molar-refractivity contribution is -0.130. The van der Waals surface area contributed by atoms with E-state index in [0.717, 1.165) is 29.8 Å². The molecule has 0 N–H and O–H groups in total. The maximum Gasteiger partial charge on any atom is 0.264 e. The normalized spacial score (nSPS) is 18.8. The van der Waals surface area contributed by atoms with Crippen LogP contribution in [-0.4, -0.2) is 49.2 Å². The van der Waals surface area contributed by atoms with Crippen molar-refractivity contribution in [2.45, 2.75) is 39.7 Å². The van der Waals surface area contributed by atoms with Gasteiger partial charge in [0.05, 0.1) is 18.8 Å². The van der Waals surface area contributed by atoms with Crippen LogP contribution in [0.25, 0.3) is 11.6 Å². The summed E-state index contributed by atoms with van der Waals surface area (Å²) in [6.45, 7) is 10.9. The highest BCUT2D eigenvalue weighted by molar-refractivity contribution is 6.02. The number of hydrogen-bond acceptors (Lipinski definition) is 4. The molecule has 6 heteroatoms. The third-order valence-corrected chi connectivity index (χ3v) is 5.49. The predicted molar refractivity (Wildman–Crippen MR) is 113 cm³/mol. The first-order valence-electron chi connectivity index (χ1n) is 10.1. The highest BCUT2D eigenvalue weighted by Gasteiger charge is 2.31. The number of amides is 1. The third kappa shape index (κ3) is 4.20. The van der Waals surface area contributed by atoms with Gasteiger partial charge in [0, 0.05) is 36.4 Å². The number of anilines is 1. The summed E-state index contributed by atoms with van der Waals surface area (Å²) in [4.78, 5) is 16.4. The lowest BCUT2D eigenvalue weighted by atomic mass is 9.87. The predicted octanol–water partition coefficient (Wildman–Crippen LogP) is 4.00. The number of benzene rings is 1. The van der Waals surface area contributed by atoms with Crippen molar-refractivity contribution >= 4 is 23.2 Å². The summed E-state index contributed by atoms with van der Waals surface area (Å²) in [7, 11) is 0. The van der Waals surface area contributed by atoms with E-state index in [0.29, 0.717) is 26.3 Å². The molecule has 29 heavy (non-hydrogen) atoms. The van der Waals surface area contributed by atoms with Crippen molar-refractivity contribution in [3.05, 3.63) is 40.7 Å². The quantitative estimate of drug-likeness (QED) is 0.569. The number of nitrogens with zero attached hydrogens (tertiary/aromatic N) is 3. The second kappa shape index (κ2) is 8.38. The highest BCUT2D eigenvalue weighted by atomic mass is 19.1. The minimum absolute atomic E-state index is 0.0612. The molecule has 2 aliphatic rings. The van der Waals surface area contributed by atoms with Crippen molar-refractivity contribution in [3.8, 4) is 6.07 Å². The van der Waals surface area contributed by atoms with Crippen LogP contribution in [0.5, 0.6) is 0 Å². The van der Waals surface area contributed by atoms with Crippen molar-refractivity contribution in [3.63, 3.8) is 0 Å². The molecule has 1 amide bonds. The molecule has 0 saturated carbocycles. The molecule has 3 rings (SSSR count). The molecule has 0 aromatic heterocycles. The maximum absolute atomic E-state index is 15.0. The Hall–Kier alpha value is -2.65. The van der Waals surface area contributed by atoms with Crippen LogP contribution >= 0.6 is 0 Å². The fraction of sp³-hybridized carbons (Fsp3) is 0.478. The molecule has 0 aliphatic carbocycles. The average molecular weight is 397 g/mol. The van der Waals surface area contributed by atoms with Gasteiger partial charge in [0.15, 0.2) is 0 Å². The second-order valence-corrected chi connectivity index (χ2v) is 8.10. The van der Waals surface area contributed by atoms with Crippen LogP contribution in [0.1, 0.15) is 45.2 Å². The lowest BCUT2D eigenvalue weighted by Crippen LogP contribution is -2.45. The molecule has 2 aliphatic heterocycles. The molecular formula is C23H28FN3O2. The molecule has 0 spiro atoms. The molecule has 154 valence electrons. The molecule has 1 fully saturated rings. The van der Waals surface area contributed by atoms with Gasteiger partial charge in [-0.25, -0.2) is 4.39 Å². The molecule has 1 saturated heterocycles. The van der Waals surface area contributed by atoms with E-state index in [1.54, 1.807) is 11.0 Å². The van der Waals surface area contributed by atoms with E-state index >= 15 is 4.39 Å². The minimum atomic E-state index is -0.433. The number of carbonyl (C=O) groups excluding carboxylic acids is 1. The fourth-order valence-electron chi connectivity index (χ4n) is 4.09. The Morgan fingerprint density at radius 1 is 1.34 bits per heavy atom. The van der Waals surface area contributed by atoms with Crippen LogP contribution in [0.2, 0.25) is 0 Å². The Kier molecular flexibility index (Phi) is 6.09. The van der Waals surface area contributed by atoms with Gasteiger partial charge in [-0.3, -0.25) is 4.79 Å². The number of morpholine rings is 1. The van der Waals surface area contributed by atoms with Gasteiger partial charge in [0.1, 0.15) is 17.5 Å². The first-order chi connectivity index (χ1) is 13.8. The summed E-state index contributed by atoms with van der Waals surface area (Å²) >= 11 is 0. The summed E-state index contributed by atoms with van der Waals surface area (Å²) in [5.41, 5.74) is 2.83. The molecule has 2 heterocycles. The van der Waals surface area contributed by atoms with E-state index in [1.165, 1.54) is 12.1 Å². The monoisotopic (exact) mass is 397 g/mol. The zero-order valence-corrected chi connectivity index (χ0v) is 17.6. The van der Waals surface area contributed by atoms with Crippen LogP contribution in [0, 0.1) is 17.1 Å². The van der Waals surface area contributed by atoms with Gasteiger partial charge in [0.25, 0.3) is 5.91 Å². The van der Waals surface area contributed by atoms with Crippen LogP contribution in [0.15, 0.2) is 23.8 Å². The van der Waals surface area contributed by atoms with E-state index in [9.17, 15) is 10.1 Å². The minimum Gasteiger partial charge on any atom is -0.378 e. The number of halogens is 1. The molecule has 1 aromatic carbocycles. The Morgan fingerprint density at radius 3 is 2.66 bits per heavy atom. The molecule has 1 aromatic rings. The molecule has 0 bridgehead atoms. The van der Waals surface area contributed by atoms with Gasteiger partial charge >= 0.3 is 0 Å². The average Bonchev–Trinajstić information content (AvgIpc) is 2.69. The van der Waals surface area contributed by atoms with Crippen LogP contribution < -0.4 is 4.90 Å². The Labute approximate surface area is 172 Å². The van der Waals surface area contributed by atoms with E-state index in [4.69, 9.17) is 4.74 Å². The Morgan fingerprint density at radius 2 is 2.03 bits per heavy atom. The highest BCUT2D eigenvalue weighted by Crippen LogP contribution is 2.40. The van der Waals surface area contributed by atoms with E-state index in [1.807, 2.05) is 13.0 Å². The number of ether oxygens (including phenoxy) is 1. The first kappa shape index (κ1) is 21.1. The first-order valence-corrected chi connectivity index (χ1v) is 10.1. The summed E-state index contributed by atoms with van der Waals surface area (Å²) in [6, 6.07) is 5.23. The van der Waals surface area contributed by atoms with Crippen molar-refractivity contribution in [2.75, 3.05) is 37.7 Å². The number of allylic oxidation sites excluding steroid dienone is 1. The molecule has 0 unspecified atom stereocenters. The zero-order valence-electron chi connectivity index (χ0n) is 17.6. The fourth-order valence-corrected chi connectivity index (χ4v) is 4.09. The summed E-state index contributed by atoms with van der Waals surface area (Å²) in [5.74, 6) is -0.813. The second-order valence-electron chi connectivity index (χ2n) is 8.10. The third-order valence-electron chi connectivity index (χ3n) is 5.49. The molecule has 5 nitrogen and oxygen atoms in total. The maximum atomic E-state index is 15.0. The van der Waals surface area contributed by atoms with Crippen molar-refractivity contribution in [2.24, 2.45) is 0 Å². The smallest absolute Gasteiger partial charge is 0.264 e. The Balaban J connectivity index is 2.01. The number of fused-ring (bicyclic) bond motifs is 1. The number of rotatable bonds is 4. The van der Waals surface area contributed by atoms with Crippen LogP contribution in [0.3, 0.4) is 0 Å². The standard InChI is InChI=1S/C23H28FN3O2/c1-5-6-27-21-13-20(24)17(12-19(21)16(2)14-23(27,3)4)11-18(15-25)22(28)26-7-9-29-10-8-26/h11-14H,5-10H2,1-4H3/b18-11+. The molecule has 0 atom stereocenters. The SMILES string of the molecule is CCCN1c2cc(F)c(/C=C(\C#N)C(=O)N3CCOCC3)cc2C(C)=CC1(C)C. The largest absolute Gasteiger partial charge is 0.378 e. The van der Waals surface area contributed by atoms with Crippen molar-refractivity contribution in [1.29, 1.82) is 5.26 Å². The zero-order chi connectivity index (χ0) is 21.2. The van der Waals surface area contributed by atoms with Gasteiger partial charge in [-0.15, -0.1) is 0 Å². The van der Waals surface area contributed by atoms with Crippen LogP contribution in [0.4, 0.5) is 10.1 Å². The number of nitriles is 1. The van der Waals surface area contributed by atoms with Crippen molar-refractivity contribution in [1.82, 2.24) is 4.90 Å². The lowest BCUT2D eigenvalue weighted by Gasteiger charge is -2.43. The van der Waals surface area contributed by atoms with E-state index in [2.05, 4.69) is 31.7 Å².